The molecule has 0 saturated carbocycles. The molecular weight excluding hydrogens is 222 g/mol. The van der Waals surface area contributed by atoms with Crippen molar-refractivity contribution in [1.82, 2.24) is 15.1 Å². The summed E-state index contributed by atoms with van der Waals surface area (Å²) in [5, 5.41) is 8.11. The molecule has 18 heavy (non-hydrogen) atoms. The van der Waals surface area contributed by atoms with Crippen LogP contribution in [0.2, 0.25) is 0 Å². The van der Waals surface area contributed by atoms with Crippen LogP contribution >= 0.6 is 0 Å². The highest BCUT2D eigenvalue weighted by Gasteiger charge is 2.19. The summed E-state index contributed by atoms with van der Waals surface area (Å²) in [6, 6.07) is 2.61. The van der Waals surface area contributed by atoms with Crippen LogP contribution in [-0.4, -0.2) is 22.9 Å². The minimum atomic E-state index is 0.316. The second-order valence-electron chi connectivity index (χ2n) is 6.22. The highest BCUT2D eigenvalue weighted by atomic mass is 15.3. The third-order valence-electron chi connectivity index (χ3n) is 3.26. The van der Waals surface area contributed by atoms with Crippen molar-refractivity contribution in [2.45, 2.75) is 59.9 Å². The quantitative estimate of drug-likeness (QED) is 0.717. The molecule has 0 radical (unpaired) electrons. The molecule has 0 bridgehead atoms. The van der Waals surface area contributed by atoms with Gasteiger partial charge in [0, 0.05) is 12.2 Å². The van der Waals surface area contributed by atoms with Crippen LogP contribution in [0.5, 0.6) is 0 Å². The van der Waals surface area contributed by atoms with Gasteiger partial charge < -0.3 is 5.32 Å². The number of nitrogens with one attached hydrogen (secondary N) is 1. The van der Waals surface area contributed by atoms with Gasteiger partial charge >= 0.3 is 0 Å². The Balaban J connectivity index is 2.43. The van der Waals surface area contributed by atoms with Gasteiger partial charge in [-0.15, -0.1) is 0 Å². The monoisotopic (exact) mass is 251 g/mol. The SMILES string of the molecule is CCCNCCC(C)(C)Cc1ccn(C(C)C)n1. The average molecular weight is 251 g/mol. The first-order chi connectivity index (χ1) is 8.44. The summed E-state index contributed by atoms with van der Waals surface area (Å²) in [7, 11) is 0. The van der Waals surface area contributed by atoms with Gasteiger partial charge in [-0.2, -0.15) is 5.10 Å². The lowest BCUT2D eigenvalue weighted by atomic mass is 9.84. The average Bonchev–Trinajstić information content (AvgIpc) is 2.72. The van der Waals surface area contributed by atoms with Crippen LogP contribution in [0.15, 0.2) is 12.3 Å². The van der Waals surface area contributed by atoms with Gasteiger partial charge in [0.25, 0.3) is 0 Å². The van der Waals surface area contributed by atoms with Gasteiger partial charge in [0.15, 0.2) is 0 Å². The Kier molecular flexibility index (Phi) is 5.86. The molecule has 0 spiro atoms. The normalized spacial score (nSPS) is 12.3. The lowest BCUT2D eigenvalue weighted by molar-refractivity contribution is 0.320. The fraction of sp³-hybridized carbons (Fsp3) is 0.800. The van der Waals surface area contributed by atoms with Crippen LogP contribution in [0.1, 0.15) is 59.2 Å². The summed E-state index contributed by atoms with van der Waals surface area (Å²) in [5.41, 5.74) is 1.53. The van der Waals surface area contributed by atoms with Crippen molar-refractivity contribution in [3.63, 3.8) is 0 Å². The number of rotatable bonds is 8. The molecule has 3 heteroatoms. The topological polar surface area (TPSA) is 29.9 Å². The Labute approximate surface area is 112 Å². The molecular formula is C15H29N3. The Hall–Kier alpha value is -0.830. The molecule has 1 N–H and O–H groups in total. The number of aromatic nitrogens is 2. The van der Waals surface area contributed by atoms with Crippen molar-refractivity contribution in [2.75, 3.05) is 13.1 Å². The fourth-order valence-corrected chi connectivity index (χ4v) is 2.07. The standard InChI is InChI=1S/C15H29N3/c1-6-9-16-10-8-15(4,5)12-14-7-11-18(17-14)13(2)3/h7,11,13,16H,6,8-10,12H2,1-5H3. The second kappa shape index (κ2) is 6.93. The van der Waals surface area contributed by atoms with Gasteiger partial charge in [-0.05, 0) is 57.7 Å². The molecule has 0 aliphatic carbocycles. The van der Waals surface area contributed by atoms with Crippen LogP contribution < -0.4 is 5.32 Å². The third kappa shape index (κ3) is 5.21. The zero-order chi connectivity index (χ0) is 13.6. The van der Waals surface area contributed by atoms with Crippen molar-refractivity contribution >= 4 is 0 Å². The maximum absolute atomic E-state index is 4.64. The van der Waals surface area contributed by atoms with E-state index < -0.39 is 0 Å². The van der Waals surface area contributed by atoms with Crippen LogP contribution in [0.4, 0.5) is 0 Å². The smallest absolute Gasteiger partial charge is 0.0630 e. The van der Waals surface area contributed by atoms with Crippen LogP contribution in [0, 0.1) is 5.41 Å². The summed E-state index contributed by atoms with van der Waals surface area (Å²) in [4.78, 5) is 0. The molecule has 3 nitrogen and oxygen atoms in total. The van der Waals surface area contributed by atoms with Crippen molar-refractivity contribution in [3.05, 3.63) is 18.0 Å². The Bertz CT molecular complexity index is 339. The molecule has 0 amide bonds. The number of hydrogen-bond acceptors (Lipinski definition) is 2. The molecule has 0 unspecified atom stereocenters. The van der Waals surface area contributed by atoms with E-state index in [4.69, 9.17) is 0 Å². The lowest BCUT2D eigenvalue weighted by Crippen LogP contribution is -2.24. The molecule has 0 aromatic carbocycles. The number of nitrogens with zero attached hydrogens (tertiary/aromatic N) is 2. The maximum atomic E-state index is 4.64. The molecule has 1 aromatic heterocycles. The van der Waals surface area contributed by atoms with E-state index in [9.17, 15) is 0 Å². The van der Waals surface area contributed by atoms with E-state index in [0.717, 1.165) is 19.5 Å². The van der Waals surface area contributed by atoms with E-state index in [2.05, 4.69) is 57.3 Å². The zero-order valence-corrected chi connectivity index (χ0v) is 12.7. The van der Waals surface area contributed by atoms with Crippen LogP contribution in [0.3, 0.4) is 0 Å². The van der Waals surface area contributed by atoms with E-state index in [1.807, 2.05) is 4.68 Å². The molecule has 1 aromatic rings. The summed E-state index contributed by atoms with van der Waals surface area (Å²) in [6.45, 7) is 13.4. The van der Waals surface area contributed by atoms with E-state index in [0.29, 0.717) is 11.5 Å². The minimum Gasteiger partial charge on any atom is -0.317 e. The Morgan fingerprint density at radius 2 is 2.06 bits per heavy atom. The van der Waals surface area contributed by atoms with Gasteiger partial charge in [-0.1, -0.05) is 20.8 Å². The predicted molar refractivity (Wildman–Crippen MR) is 77.9 cm³/mol. The van der Waals surface area contributed by atoms with E-state index in [1.54, 1.807) is 0 Å². The maximum Gasteiger partial charge on any atom is 0.0630 e. The molecule has 1 rings (SSSR count). The first kappa shape index (κ1) is 15.2. The Morgan fingerprint density at radius 1 is 1.33 bits per heavy atom. The molecule has 0 saturated heterocycles. The first-order valence-electron chi connectivity index (χ1n) is 7.19. The summed E-state index contributed by atoms with van der Waals surface area (Å²) >= 11 is 0. The third-order valence-corrected chi connectivity index (χ3v) is 3.26. The summed E-state index contributed by atoms with van der Waals surface area (Å²) in [5.74, 6) is 0. The molecule has 0 aliphatic rings. The molecule has 0 aliphatic heterocycles. The van der Waals surface area contributed by atoms with E-state index in [1.165, 1.54) is 18.5 Å². The molecule has 0 atom stereocenters. The van der Waals surface area contributed by atoms with Crippen LogP contribution in [-0.2, 0) is 6.42 Å². The van der Waals surface area contributed by atoms with Crippen molar-refractivity contribution < 1.29 is 0 Å². The van der Waals surface area contributed by atoms with E-state index >= 15 is 0 Å². The summed E-state index contributed by atoms with van der Waals surface area (Å²) in [6.07, 6.45) is 5.55. The highest BCUT2D eigenvalue weighted by molar-refractivity contribution is 5.02. The second-order valence-corrected chi connectivity index (χ2v) is 6.22. The molecule has 1 heterocycles. The van der Waals surface area contributed by atoms with Crippen molar-refractivity contribution in [3.8, 4) is 0 Å². The molecule has 0 fully saturated rings. The minimum absolute atomic E-state index is 0.316. The zero-order valence-electron chi connectivity index (χ0n) is 12.7. The Morgan fingerprint density at radius 3 is 2.61 bits per heavy atom. The van der Waals surface area contributed by atoms with Gasteiger partial charge in [-0.3, -0.25) is 4.68 Å². The highest BCUT2D eigenvalue weighted by Crippen LogP contribution is 2.24. The van der Waals surface area contributed by atoms with E-state index in [-0.39, 0.29) is 0 Å². The lowest BCUT2D eigenvalue weighted by Gasteiger charge is -2.23. The van der Waals surface area contributed by atoms with Gasteiger partial charge in [0.1, 0.15) is 0 Å². The predicted octanol–water partition coefficient (Wildman–Crippen LogP) is 3.42. The first-order valence-corrected chi connectivity index (χ1v) is 7.19. The fourth-order valence-electron chi connectivity index (χ4n) is 2.07. The van der Waals surface area contributed by atoms with Gasteiger partial charge in [0.2, 0.25) is 0 Å². The largest absolute Gasteiger partial charge is 0.317 e. The van der Waals surface area contributed by atoms with Gasteiger partial charge in [-0.25, -0.2) is 0 Å². The number of hydrogen-bond donors (Lipinski definition) is 1. The van der Waals surface area contributed by atoms with Crippen molar-refractivity contribution in [1.29, 1.82) is 0 Å². The molecule has 104 valence electrons. The van der Waals surface area contributed by atoms with Crippen LogP contribution in [0.25, 0.3) is 0 Å². The van der Waals surface area contributed by atoms with Crippen molar-refractivity contribution in [2.24, 2.45) is 5.41 Å². The summed E-state index contributed by atoms with van der Waals surface area (Å²) < 4.78 is 2.04. The van der Waals surface area contributed by atoms with Gasteiger partial charge in [0.05, 0.1) is 5.69 Å².